The highest BCUT2D eigenvalue weighted by molar-refractivity contribution is 6.14. The number of halogens is 2. The first-order chi connectivity index (χ1) is 13.0. The summed E-state index contributed by atoms with van der Waals surface area (Å²) >= 11 is 0. The molecule has 0 fully saturated rings. The van der Waals surface area contributed by atoms with Crippen LogP contribution in [-0.2, 0) is 4.79 Å². The molecule has 0 saturated carbocycles. The van der Waals surface area contributed by atoms with Crippen LogP contribution in [0.1, 0.15) is 36.7 Å². The second-order valence-corrected chi connectivity index (χ2v) is 6.04. The zero-order valence-corrected chi connectivity index (χ0v) is 14.6. The predicted molar refractivity (Wildman–Crippen MR) is 98.7 cm³/mol. The van der Waals surface area contributed by atoms with Gasteiger partial charge in [-0.1, -0.05) is 25.5 Å². The molecule has 27 heavy (non-hydrogen) atoms. The van der Waals surface area contributed by atoms with E-state index in [1.165, 1.54) is 6.07 Å². The second-order valence-electron chi connectivity index (χ2n) is 6.04. The molecule has 0 saturated heterocycles. The Morgan fingerprint density at radius 2 is 1.81 bits per heavy atom. The number of benzene rings is 2. The number of hydrogen-bond acceptors (Lipinski definition) is 3. The van der Waals surface area contributed by atoms with Crippen molar-refractivity contribution in [3.63, 3.8) is 0 Å². The van der Waals surface area contributed by atoms with Crippen molar-refractivity contribution in [2.75, 3.05) is 10.6 Å². The Morgan fingerprint density at radius 1 is 1.04 bits per heavy atom. The lowest BCUT2D eigenvalue weighted by Crippen LogP contribution is -2.17. The predicted octanol–water partition coefficient (Wildman–Crippen LogP) is 5.09. The zero-order valence-electron chi connectivity index (χ0n) is 14.6. The minimum absolute atomic E-state index is 0.0719. The maximum absolute atomic E-state index is 13.4. The van der Waals surface area contributed by atoms with Crippen molar-refractivity contribution in [1.82, 2.24) is 0 Å². The van der Waals surface area contributed by atoms with Gasteiger partial charge in [0.05, 0.1) is 0 Å². The van der Waals surface area contributed by atoms with Gasteiger partial charge in [0.1, 0.15) is 11.3 Å². The molecule has 0 atom stereocenters. The van der Waals surface area contributed by atoms with Crippen LogP contribution in [0.3, 0.4) is 0 Å². The minimum Gasteiger partial charge on any atom is -0.449 e. The van der Waals surface area contributed by atoms with E-state index in [0.717, 1.165) is 25.0 Å². The third-order valence-corrected chi connectivity index (χ3v) is 4.00. The van der Waals surface area contributed by atoms with Crippen molar-refractivity contribution in [3.05, 3.63) is 59.9 Å². The number of nitrogens with one attached hydrogen (secondary N) is 2. The maximum Gasteiger partial charge on any atom is 0.293 e. The average molecular weight is 372 g/mol. The first-order valence-corrected chi connectivity index (χ1v) is 8.57. The van der Waals surface area contributed by atoms with Crippen LogP contribution in [-0.4, -0.2) is 11.8 Å². The topological polar surface area (TPSA) is 71.3 Å². The number of para-hydroxylation sites is 1. The van der Waals surface area contributed by atoms with Gasteiger partial charge < -0.3 is 15.1 Å². The van der Waals surface area contributed by atoms with E-state index in [0.29, 0.717) is 17.4 Å². The Hall–Kier alpha value is -3.22. The summed E-state index contributed by atoms with van der Waals surface area (Å²) in [5.74, 6) is -3.11. The van der Waals surface area contributed by atoms with Gasteiger partial charge in [-0.25, -0.2) is 8.78 Å². The first kappa shape index (κ1) is 18.6. The minimum atomic E-state index is -1.08. The fourth-order valence-corrected chi connectivity index (χ4v) is 2.63. The number of carbonyl (C=O) groups excluding carboxylic acids is 2. The molecule has 5 nitrogen and oxygen atoms in total. The van der Waals surface area contributed by atoms with Crippen molar-refractivity contribution in [1.29, 1.82) is 0 Å². The van der Waals surface area contributed by atoms with E-state index in [9.17, 15) is 18.4 Å². The summed E-state index contributed by atoms with van der Waals surface area (Å²) in [6.45, 7) is 1.97. The molecule has 0 radical (unpaired) electrons. The standard InChI is InChI=1S/C20H18F2N2O3/c1-2-3-8-17(25)24-18-13-6-4-5-7-16(13)27-19(18)20(26)23-12-9-10-14(21)15(22)11-12/h4-7,9-11H,2-3,8H2,1H3,(H,23,26)(H,24,25). The van der Waals surface area contributed by atoms with Crippen LogP contribution in [0.15, 0.2) is 46.9 Å². The van der Waals surface area contributed by atoms with Gasteiger partial charge in [-0.15, -0.1) is 0 Å². The quantitative estimate of drug-likeness (QED) is 0.633. The summed E-state index contributed by atoms with van der Waals surface area (Å²) in [6.07, 6.45) is 1.90. The fourth-order valence-electron chi connectivity index (χ4n) is 2.63. The normalized spacial score (nSPS) is 10.8. The molecule has 2 aromatic carbocycles. The molecule has 1 heterocycles. The molecule has 0 spiro atoms. The Morgan fingerprint density at radius 3 is 2.56 bits per heavy atom. The molecule has 0 unspecified atom stereocenters. The molecule has 0 aliphatic rings. The summed E-state index contributed by atoms with van der Waals surface area (Å²) in [6, 6.07) is 9.92. The first-order valence-electron chi connectivity index (χ1n) is 8.57. The second kappa shape index (κ2) is 7.99. The summed E-state index contributed by atoms with van der Waals surface area (Å²) < 4.78 is 32.0. The number of hydrogen-bond donors (Lipinski definition) is 2. The van der Waals surface area contributed by atoms with Crippen molar-refractivity contribution < 1.29 is 22.8 Å². The number of carbonyl (C=O) groups is 2. The SMILES string of the molecule is CCCCC(=O)Nc1c(C(=O)Nc2ccc(F)c(F)c2)oc2ccccc12. The Bertz CT molecular complexity index is 998. The molecule has 0 bridgehead atoms. The van der Waals surface area contributed by atoms with E-state index in [-0.39, 0.29) is 23.0 Å². The number of fused-ring (bicyclic) bond motifs is 1. The third-order valence-electron chi connectivity index (χ3n) is 4.00. The van der Waals surface area contributed by atoms with Crippen LogP contribution in [0.2, 0.25) is 0 Å². The van der Waals surface area contributed by atoms with Crippen LogP contribution >= 0.6 is 0 Å². The highest BCUT2D eigenvalue weighted by Gasteiger charge is 2.22. The number of furan rings is 1. The van der Waals surface area contributed by atoms with Gasteiger partial charge in [0, 0.05) is 23.6 Å². The van der Waals surface area contributed by atoms with Crippen LogP contribution in [0.5, 0.6) is 0 Å². The van der Waals surface area contributed by atoms with E-state index >= 15 is 0 Å². The van der Waals surface area contributed by atoms with Gasteiger partial charge in [0.2, 0.25) is 11.7 Å². The van der Waals surface area contributed by atoms with Crippen LogP contribution in [0.25, 0.3) is 11.0 Å². The molecule has 3 aromatic rings. The molecule has 3 rings (SSSR count). The average Bonchev–Trinajstić information content (AvgIpc) is 3.02. The van der Waals surface area contributed by atoms with Crippen LogP contribution in [0.4, 0.5) is 20.2 Å². The summed E-state index contributed by atoms with van der Waals surface area (Å²) in [5, 5.41) is 5.76. The van der Waals surface area contributed by atoms with E-state index in [2.05, 4.69) is 10.6 Å². The Labute approximate surface area is 154 Å². The van der Waals surface area contributed by atoms with E-state index in [1.54, 1.807) is 24.3 Å². The smallest absolute Gasteiger partial charge is 0.293 e. The number of anilines is 2. The van der Waals surface area contributed by atoms with Gasteiger partial charge in [-0.2, -0.15) is 0 Å². The van der Waals surface area contributed by atoms with Gasteiger partial charge in [-0.3, -0.25) is 9.59 Å². The Balaban J connectivity index is 1.92. The van der Waals surface area contributed by atoms with Crippen molar-refractivity contribution in [2.45, 2.75) is 26.2 Å². The highest BCUT2D eigenvalue weighted by Crippen LogP contribution is 2.31. The third kappa shape index (κ3) is 4.13. The number of unbranched alkanes of at least 4 members (excludes halogenated alkanes) is 1. The van der Waals surface area contributed by atoms with Crippen LogP contribution in [0, 0.1) is 11.6 Å². The lowest BCUT2D eigenvalue weighted by atomic mass is 10.2. The zero-order chi connectivity index (χ0) is 19.4. The molecular weight excluding hydrogens is 354 g/mol. The van der Waals surface area contributed by atoms with Crippen molar-refractivity contribution >= 4 is 34.2 Å². The fraction of sp³-hybridized carbons (Fsp3) is 0.200. The lowest BCUT2D eigenvalue weighted by Gasteiger charge is -2.07. The largest absolute Gasteiger partial charge is 0.449 e. The maximum atomic E-state index is 13.4. The van der Waals surface area contributed by atoms with Gasteiger partial charge >= 0.3 is 0 Å². The molecule has 7 heteroatoms. The van der Waals surface area contributed by atoms with Crippen molar-refractivity contribution in [2.24, 2.45) is 0 Å². The van der Waals surface area contributed by atoms with Crippen LogP contribution < -0.4 is 10.6 Å². The molecule has 0 aliphatic carbocycles. The summed E-state index contributed by atoms with van der Waals surface area (Å²) in [4.78, 5) is 24.8. The molecule has 2 amide bonds. The molecular formula is C20H18F2N2O3. The Kier molecular flexibility index (Phi) is 5.49. The summed E-state index contributed by atoms with van der Waals surface area (Å²) in [5.41, 5.74) is 0.758. The van der Waals surface area contributed by atoms with Gasteiger partial charge in [0.15, 0.2) is 11.6 Å². The van der Waals surface area contributed by atoms with Crippen molar-refractivity contribution in [3.8, 4) is 0 Å². The number of rotatable bonds is 6. The highest BCUT2D eigenvalue weighted by atomic mass is 19.2. The van der Waals surface area contributed by atoms with E-state index in [4.69, 9.17) is 4.42 Å². The molecule has 140 valence electrons. The number of amides is 2. The molecule has 2 N–H and O–H groups in total. The molecule has 0 aliphatic heterocycles. The summed E-state index contributed by atoms with van der Waals surface area (Å²) in [7, 11) is 0. The van der Waals surface area contributed by atoms with Gasteiger partial charge in [0.25, 0.3) is 5.91 Å². The molecule has 1 aromatic heterocycles. The monoisotopic (exact) mass is 372 g/mol. The lowest BCUT2D eigenvalue weighted by molar-refractivity contribution is -0.116. The van der Waals surface area contributed by atoms with E-state index in [1.807, 2.05) is 6.92 Å². The van der Waals surface area contributed by atoms with E-state index < -0.39 is 17.5 Å². The van der Waals surface area contributed by atoms with Gasteiger partial charge in [-0.05, 0) is 30.7 Å².